The zero-order chi connectivity index (χ0) is 39.4. The monoisotopic (exact) mass is 744 g/mol. The highest BCUT2D eigenvalue weighted by molar-refractivity contribution is 6.02. The summed E-state index contributed by atoms with van der Waals surface area (Å²) in [5, 5.41) is 9.58. The normalized spacial score (nSPS) is 13.7. The van der Waals surface area contributed by atoms with Crippen LogP contribution < -0.4 is 9.80 Å². The lowest BCUT2D eigenvalue weighted by Gasteiger charge is -2.43. The first-order valence-corrected chi connectivity index (χ1v) is 20.6. The van der Waals surface area contributed by atoms with Gasteiger partial charge in [0.25, 0.3) is 0 Å². The van der Waals surface area contributed by atoms with Gasteiger partial charge in [-0.25, -0.2) is 9.59 Å². The second-order valence-corrected chi connectivity index (χ2v) is 14.9. The molecule has 0 fully saturated rings. The molecule has 1 aliphatic rings. The fraction of sp³-hybridized carbons (Fsp3) is 0.429. The fourth-order valence-electron chi connectivity index (χ4n) is 7.30. The number of carboxylic acid groups (broad SMARTS) is 1. The summed E-state index contributed by atoms with van der Waals surface area (Å²) in [6.07, 6.45) is 20.8. The Labute approximate surface area is 331 Å². The number of aromatic carboxylic acids is 1. The van der Waals surface area contributed by atoms with Crippen LogP contribution in [-0.2, 0) is 17.6 Å². The molecule has 1 heterocycles. The molecule has 6 heteroatoms. The number of nitrogens with zero attached hydrogens (tertiary/aromatic N) is 2. The lowest BCUT2D eigenvalue weighted by molar-refractivity contribution is 0.0582. The molecule has 4 aromatic rings. The number of benzene rings is 4. The van der Waals surface area contributed by atoms with E-state index >= 15 is 0 Å². The van der Waals surface area contributed by atoms with Crippen LogP contribution in [0.5, 0.6) is 0 Å². The number of hydrogen-bond donors (Lipinski definition) is 1. The molecule has 0 saturated carbocycles. The van der Waals surface area contributed by atoms with Gasteiger partial charge in [-0.2, -0.15) is 0 Å². The number of unbranched alkanes of at least 4 members (excludes halogenated alkanes) is 10. The molecule has 55 heavy (non-hydrogen) atoms. The molecule has 5 rings (SSSR count). The van der Waals surface area contributed by atoms with Crippen molar-refractivity contribution in [3.05, 3.63) is 142 Å². The van der Waals surface area contributed by atoms with Gasteiger partial charge in [0, 0.05) is 24.1 Å². The maximum Gasteiger partial charge on any atom is 0.338 e. The van der Waals surface area contributed by atoms with Crippen molar-refractivity contribution in [1.29, 1.82) is 0 Å². The van der Waals surface area contributed by atoms with Crippen LogP contribution >= 0.6 is 0 Å². The van der Waals surface area contributed by atoms with Crippen LogP contribution in [0.1, 0.15) is 146 Å². The van der Waals surface area contributed by atoms with Crippen LogP contribution in [0.25, 0.3) is 0 Å². The number of esters is 1. The zero-order valence-corrected chi connectivity index (χ0v) is 34.1. The van der Waals surface area contributed by atoms with E-state index in [2.05, 4.69) is 129 Å². The molecule has 0 aromatic heterocycles. The maximum absolute atomic E-state index is 12.1. The van der Waals surface area contributed by atoms with Crippen LogP contribution in [0.2, 0.25) is 0 Å². The molecule has 4 aromatic carbocycles. The van der Waals surface area contributed by atoms with Crippen LogP contribution in [0.3, 0.4) is 0 Å². The van der Waals surface area contributed by atoms with Gasteiger partial charge in [-0.1, -0.05) is 144 Å². The van der Waals surface area contributed by atoms with Gasteiger partial charge >= 0.3 is 11.9 Å². The number of carbonyl (C=O) groups excluding carboxylic acids is 1. The smallest absolute Gasteiger partial charge is 0.338 e. The van der Waals surface area contributed by atoms with Crippen molar-refractivity contribution >= 4 is 23.3 Å². The average molecular weight is 745 g/mol. The number of rotatable bonds is 19. The molecule has 1 unspecified atom stereocenters. The lowest BCUT2D eigenvalue weighted by Crippen LogP contribution is -2.42. The quantitative estimate of drug-likeness (QED) is 0.0761. The van der Waals surface area contributed by atoms with E-state index < -0.39 is 11.9 Å². The van der Waals surface area contributed by atoms with Gasteiger partial charge in [0.1, 0.15) is 6.17 Å². The molecule has 6 nitrogen and oxygen atoms in total. The molecule has 0 amide bonds. The highest BCUT2D eigenvalue weighted by Gasteiger charge is 2.28. The molecule has 0 saturated heterocycles. The van der Waals surface area contributed by atoms with Crippen molar-refractivity contribution in [2.45, 2.75) is 124 Å². The molecule has 1 aliphatic heterocycles. The number of carbonyl (C=O) groups is 2. The van der Waals surface area contributed by atoms with E-state index in [1.165, 1.54) is 93.0 Å². The van der Waals surface area contributed by atoms with E-state index in [1.807, 2.05) is 0 Å². The Morgan fingerprint density at radius 2 is 1.15 bits per heavy atom. The number of hydrogen-bond acceptors (Lipinski definition) is 5. The van der Waals surface area contributed by atoms with Crippen molar-refractivity contribution < 1.29 is 19.4 Å². The van der Waals surface area contributed by atoms with Crippen molar-refractivity contribution in [1.82, 2.24) is 0 Å². The highest BCUT2D eigenvalue weighted by Crippen LogP contribution is 2.36. The Balaban J connectivity index is 0.000000245. The first kappa shape index (κ1) is 42.9. The summed E-state index contributed by atoms with van der Waals surface area (Å²) in [5.74, 6) is -1.64. The molecule has 1 N–H and O–H groups in total. The molecule has 294 valence electrons. The number of aryl methyl sites for hydroxylation is 4. The molecule has 0 radical (unpaired) electrons. The fourth-order valence-corrected chi connectivity index (χ4v) is 7.30. The Morgan fingerprint density at radius 1 is 0.655 bits per heavy atom. The number of ether oxygens (including phenoxy) is 1. The third-order valence-electron chi connectivity index (χ3n) is 10.5. The Bertz CT molecular complexity index is 1770. The average Bonchev–Trinajstić information content (AvgIpc) is 3.21. The largest absolute Gasteiger partial charge is 0.478 e. The van der Waals surface area contributed by atoms with E-state index in [4.69, 9.17) is 4.74 Å². The van der Waals surface area contributed by atoms with Gasteiger partial charge < -0.3 is 19.6 Å². The summed E-state index contributed by atoms with van der Waals surface area (Å²) in [6, 6.07) is 31.8. The summed E-state index contributed by atoms with van der Waals surface area (Å²) in [6.45, 7) is 9.58. The second-order valence-electron chi connectivity index (χ2n) is 14.9. The summed E-state index contributed by atoms with van der Waals surface area (Å²) in [5.41, 5.74) is 8.73. The van der Waals surface area contributed by atoms with E-state index in [9.17, 15) is 14.7 Å². The van der Waals surface area contributed by atoms with Crippen molar-refractivity contribution in [3.8, 4) is 0 Å². The summed E-state index contributed by atoms with van der Waals surface area (Å²) in [7, 11) is 1.30. The first-order chi connectivity index (χ1) is 26.8. The van der Waals surface area contributed by atoms with Gasteiger partial charge in [0.2, 0.25) is 0 Å². The molecule has 0 spiro atoms. The minimum absolute atomic E-state index is 0.0597. The zero-order valence-electron chi connectivity index (χ0n) is 34.1. The third kappa shape index (κ3) is 13.2. The van der Waals surface area contributed by atoms with Crippen LogP contribution in [0, 0.1) is 13.8 Å². The summed E-state index contributed by atoms with van der Waals surface area (Å²) in [4.78, 5) is 28.6. The van der Waals surface area contributed by atoms with Gasteiger partial charge in [-0.3, -0.25) is 0 Å². The van der Waals surface area contributed by atoms with Crippen molar-refractivity contribution in [3.63, 3.8) is 0 Å². The standard InChI is InChI=1S/C25H40O4.C24H24N2/c1-4-6-8-10-12-14-16-20-18-22(24(26)27)23(25(28)29-3)19-21(20)17-15-13-11-9-7-5-2;1-19-9-13-22(14-10-19)25-17-6-18-26(23-15-11-20(2)12-16-23)24(25)21-7-4-3-5-8-21/h18-19H,4-17H2,1-3H3,(H,26,27);3-17,24H,18H2,1-2H3. The van der Waals surface area contributed by atoms with Gasteiger partial charge in [0.05, 0.1) is 18.2 Å². The Hall–Kier alpha value is -4.84. The summed E-state index contributed by atoms with van der Waals surface area (Å²) < 4.78 is 4.83. The van der Waals surface area contributed by atoms with Crippen molar-refractivity contribution in [2.24, 2.45) is 0 Å². The van der Waals surface area contributed by atoms with Crippen LogP contribution in [-0.4, -0.2) is 30.7 Å². The van der Waals surface area contributed by atoms with Gasteiger partial charge in [0.15, 0.2) is 0 Å². The van der Waals surface area contributed by atoms with E-state index in [0.29, 0.717) is 0 Å². The van der Waals surface area contributed by atoms with E-state index in [-0.39, 0.29) is 17.3 Å². The third-order valence-corrected chi connectivity index (χ3v) is 10.5. The molecular formula is C49H64N2O4. The number of methoxy groups -OCH3 is 1. The van der Waals surface area contributed by atoms with Crippen molar-refractivity contribution in [2.75, 3.05) is 23.5 Å². The minimum atomic E-state index is -1.07. The first-order valence-electron chi connectivity index (χ1n) is 20.6. The molecule has 0 bridgehead atoms. The Kier molecular flexibility index (Phi) is 18.1. The number of anilines is 2. The Morgan fingerprint density at radius 3 is 1.65 bits per heavy atom. The lowest BCUT2D eigenvalue weighted by atomic mass is 9.91. The molecule has 0 aliphatic carbocycles. The predicted octanol–water partition coefficient (Wildman–Crippen LogP) is 12.8. The topological polar surface area (TPSA) is 70.1 Å². The summed E-state index contributed by atoms with van der Waals surface area (Å²) >= 11 is 0. The van der Waals surface area contributed by atoms with Gasteiger partial charge in [-0.05, 0) is 98.7 Å². The minimum Gasteiger partial charge on any atom is -0.478 e. The van der Waals surface area contributed by atoms with Crippen LogP contribution in [0.15, 0.2) is 103 Å². The SMILES string of the molecule is CCCCCCCCc1cc(C(=O)O)c(C(=O)OC)cc1CCCCCCCC.Cc1ccc(N2C=CCN(c3ccc(C)cc3)C2c2ccccc2)cc1. The highest BCUT2D eigenvalue weighted by atomic mass is 16.5. The van der Waals surface area contributed by atoms with E-state index in [0.717, 1.165) is 49.8 Å². The van der Waals surface area contributed by atoms with E-state index in [1.54, 1.807) is 12.1 Å². The second kappa shape index (κ2) is 23.2. The number of carboxylic acids is 1. The molecule has 1 atom stereocenters. The van der Waals surface area contributed by atoms with Gasteiger partial charge in [-0.15, -0.1) is 0 Å². The van der Waals surface area contributed by atoms with Crippen LogP contribution in [0.4, 0.5) is 11.4 Å². The molecular weight excluding hydrogens is 681 g/mol. The maximum atomic E-state index is 12.1. The predicted molar refractivity (Wildman–Crippen MR) is 229 cm³/mol.